The number of nitriles is 1. The van der Waals surface area contributed by atoms with Gasteiger partial charge in [0.2, 0.25) is 5.91 Å². The molecule has 0 radical (unpaired) electrons. The van der Waals surface area contributed by atoms with Crippen LogP contribution in [-0.2, 0) is 4.79 Å². The molecular weight excluding hydrogens is 352 g/mol. The van der Waals surface area contributed by atoms with Crippen LogP contribution < -0.4 is 5.32 Å². The van der Waals surface area contributed by atoms with E-state index in [1.165, 1.54) is 0 Å². The van der Waals surface area contributed by atoms with Crippen LogP contribution in [0, 0.1) is 18.3 Å². The fraction of sp³-hybridized carbons (Fsp3) is 0.591. The number of hydrogen-bond donors (Lipinski definition) is 1. The first-order valence-corrected chi connectivity index (χ1v) is 10.3. The third-order valence-electron chi connectivity index (χ3n) is 5.81. The summed E-state index contributed by atoms with van der Waals surface area (Å²) in [6, 6.07) is 10.0. The smallest absolute Gasteiger partial charge is 0.253 e. The number of nitrogens with one attached hydrogen (secondary N) is 1. The van der Waals surface area contributed by atoms with Crippen molar-refractivity contribution in [1.82, 2.24) is 15.1 Å². The van der Waals surface area contributed by atoms with Crippen LogP contribution in [0.15, 0.2) is 24.3 Å². The first-order valence-electron chi connectivity index (χ1n) is 10.3. The zero-order chi connectivity index (χ0) is 20.0. The van der Waals surface area contributed by atoms with Crippen molar-refractivity contribution in [3.63, 3.8) is 0 Å². The number of nitrogens with zero attached hydrogens (tertiary/aromatic N) is 3. The van der Waals surface area contributed by atoms with E-state index in [-0.39, 0.29) is 18.4 Å². The Balaban J connectivity index is 1.53. The minimum atomic E-state index is -0.686. The predicted octanol–water partition coefficient (Wildman–Crippen LogP) is 2.49. The van der Waals surface area contributed by atoms with Gasteiger partial charge in [-0.3, -0.25) is 14.5 Å². The highest BCUT2D eigenvalue weighted by molar-refractivity contribution is 5.94. The van der Waals surface area contributed by atoms with Crippen LogP contribution in [0.25, 0.3) is 0 Å². The van der Waals surface area contributed by atoms with Gasteiger partial charge in [0.25, 0.3) is 5.91 Å². The molecule has 1 saturated carbocycles. The Morgan fingerprint density at radius 1 is 1.11 bits per heavy atom. The number of aryl methyl sites for hydroxylation is 1. The topological polar surface area (TPSA) is 76.4 Å². The van der Waals surface area contributed by atoms with Crippen molar-refractivity contribution in [2.45, 2.75) is 51.0 Å². The monoisotopic (exact) mass is 382 g/mol. The molecular formula is C22H30N4O2. The van der Waals surface area contributed by atoms with E-state index in [4.69, 9.17) is 0 Å². The van der Waals surface area contributed by atoms with Crippen LogP contribution >= 0.6 is 0 Å². The van der Waals surface area contributed by atoms with Crippen molar-refractivity contribution in [3.05, 3.63) is 35.4 Å². The molecule has 1 aliphatic heterocycles. The number of carbonyl (C=O) groups is 2. The summed E-state index contributed by atoms with van der Waals surface area (Å²) in [5.41, 5.74) is 1.11. The van der Waals surface area contributed by atoms with E-state index in [1.807, 2.05) is 36.1 Å². The molecule has 2 fully saturated rings. The normalized spacial score (nSPS) is 20.1. The Labute approximate surface area is 167 Å². The summed E-state index contributed by atoms with van der Waals surface area (Å²) in [6.07, 6.45) is 5.45. The third kappa shape index (κ3) is 5.11. The summed E-state index contributed by atoms with van der Waals surface area (Å²) in [7, 11) is 0. The SMILES string of the molecule is Cc1cccc(C(=O)N2CCCN(CC(=O)NC3(C#N)CCCCC3)CC2)c1. The van der Waals surface area contributed by atoms with Crippen molar-refractivity contribution >= 4 is 11.8 Å². The molecule has 1 aliphatic carbocycles. The van der Waals surface area contributed by atoms with Gasteiger partial charge in [-0.1, -0.05) is 37.0 Å². The fourth-order valence-corrected chi connectivity index (χ4v) is 4.22. The quantitative estimate of drug-likeness (QED) is 0.868. The summed E-state index contributed by atoms with van der Waals surface area (Å²) < 4.78 is 0. The molecule has 0 unspecified atom stereocenters. The first kappa shape index (κ1) is 20.3. The maximum absolute atomic E-state index is 12.8. The van der Waals surface area contributed by atoms with Crippen molar-refractivity contribution in [2.75, 3.05) is 32.7 Å². The molecule has 28 heavy (non-hydrogen) atoms. The summed E-state index contributed by atoms with van der Waals surface area (Å²) in [5.74, 6) is -0.0254. The van der Waals surface area contributed by atoms with Gasteiger partial charge in [-0.2, -0.15) is 5.26 Å². The fourth-order valence-electron chi connectivity index (χ4n) is 4.22. The molecule has 1 aromatic rings. The van der Waals surface area contributed by atoms with Crippen LogP contribution in [0.1, 0.15) is 54.4 Å². The third-order valence-corrected chi connectivity index (χ3v) is 5.81. The molecule has 2 amide bonds. The Hall–Kier alpha value is -2.39. The second-order valence-corrected chi connectivity index (χ2v) is 8.09. The second kappa shape index (κ2) is 9.20. The lowest BCUT2D eigenvalue weighted by Crippen LogP contribution is -2.52. The second-order valence-electron chi connectivity index (χ2n) is 8.09. The molecule has 3 rings (SSSR count). The van der Waals surface area contributed by atoms with E-state index in [1.54, 1.807) is 0 Å². The number of benzene rings is 1. The molecule has 1 N–H and O–H groups in total. The van der Waals surface area contributed by atoms with E-state index in [9.17, 15) is 14.9 Å². The van der Waals surface area contributed by atoms with Gasteiger partial charge in [-0.15, -0.1) is 0 Å². The number of amides is 2. The largest absolute Gasteiger partial charge is 0.337 e. The zero-order valence-electron chi connectivity index (χ0n) is 16.7. The van der Waals surface area contributed by atoms with Gasteiger partial charge >= 0.3 is 0 Å². The van der Waals surface area contributed by atoms with Gasteiger partial charge in [0.15, 0.2) is 0 Å². The van der Waals surface area contributed by atoms with Crippen molar-refractivity contribution in [3.8, 4) is 6.07 Å². The molecule has 0 atom stereocenters. The highest BCUT2D eigenvalue weighted by Crippen LogP contribution is 2.27. The summed E-state index contributed by atoms with van der Waals surface area (Å²) in [4.78, 5) is 29.3. The van der Waals surface area contributed by atoms with E-state index in [0.29, 0.717) is 19.6 Å². The minimum absolute atomic E-state index is 0.0561. The summed E-state index contributed by atoms with van der Waals surface area (Å²) in [5, 5.41) is 12.5. The molecule has 150 valence electrons. The lowest BCUT2D eigenvalue weighted by atomic mass is 9.83. The van der Waals surface area contributed by atoms with Gasteiger partial charge in [-0.05, 0) is 38.3 Å². The average Bonchev–Trinajstić information content (AvgIpc) is 2.93. The van der Waals surface area contributed by atoms with Crippen LogP contribution in [0.5, 0.6) is 0 Å². The Morgan fingerprint density at radius 3 is 2.61 bits per heavy atom. The van der Waals surface area contributed by atoms with Gasteiger partial charge in [0.1, 0.15) is 5.54 Å². The lowest BCUT2D eigenvalue weighted by molar-refractivity contribution is -0.123. The van der Waals surface area contributed by atoms with Crippen LogP contribution in [-0.4, -0.2) is 59.9 Å². The maximum atomic E-state index is 12.8. The molecule has 0 bridgehead atoms. The molecule has 2 aliphatic rings. The average molecular weight is 383 g/mol. The highest BCUT2D eigenvalue weighted by atomic mass is 16.2. The van der Waals surface area contributed by atoms with Crippen LogP contribution in [0.2, 0.25) is 0 Å². The van der Waals surface area contributed by atoms with Crippen LogP contribution in [0.4, 0.5) is 0 Å². The predicted molar refractivity (Wildman–Crippen MR) is 108 cm³/mol. The molecule has 0 aromatic heterocycles. The van der Waals surface area contributed by atoms with Gasteiger partial charge in [0.05, 0.1) is 12.6 Å². The van der Waals surface area contributed by atoms with Crippen LogP contribution in [0.3, 0.4) is 0 Å². The summed E-state index contributed by atoms with van der Waals surface area (Å²) in [6.45, 7) is 5.04. The Kier molecular flexibility index (Phi) is 6.69. The van der Waals surface area contributed by atoms with Crippen molar-refractivity contribution < 1.29 is 9.59 Å². The van der Waals surface area contributed by atoms with E-state index in [2.05, 4.69) is 16.3 Å². The van der Waals surface area contributed by atoms with Gasteiger partial charge < -0.3 is 10.2 Å². The Morgan fingerprint density at radius 2 is 1.89 bits per heavy atom. The Bertz CT molecular complexity index is 749. The van der Waals surface area contributed by atoms with E-state index in [0.717, 1.165) is 56.2 Å². The van der Waals surface area contributed by atoms with Crippen molar-refractivity contribution in [1.29, 1.82) is 5.26 Å². The summed E-state index contributed by atoms with van der Waals surface area (Å²) >= 11 is 0. The highest BCUT2D eigenvalue weighted by Gasteiger charge is 2.34. The molecule has 1 saturated heterocycles. The zero-order valence-corrected chi connectivity index (χ0v) is 16.7. The molecule has 1 aromatic carbocycles. The molecule has 6 nitrogen and oxygen atoms in total. The molecule has 6 heteroatoms. The molecule has 0 spiro atoms. The van der Waals surface area contributed by atoms with E-state index >= 15 is 0 Å². The van der Waals surface area contributed by atoms with E-state index < -0.39 is 5.54 Å². The number of hydrogen-bond acceptors (Lipinski definition) is 4. The number of rotatable bonds is 4. The molecule has 1 heterocycles. The number of carbonyl (C=O) groups excluding carboxylic acids is 2. The lowest BCUT2D eigenvalue weighted by Gasteiger charge is -2.32. The van der Waals surface area contributed by atoms with Crippen molar-refractivity contribution in [2.24, 2.45) is 0 Å². The van der Waals surface area contributed by atoms with Gasteiger partial charge in [-0.25, -0.2) is 0 Å². The minimum Gasteiger partial charge on any atom is -0.337 e. The maximum Gasteiger partial charge on any atom is 0.253 e. The van der Waals surface area contributed by atoms with Gasteiger partial charge in [0, 0.05) is 31.7 Å². The first-order chi connectivity index (χ1) is 13.5. The standard InChI is InChI=1S/C22H30N4O2/c1-18-7-5-8-19(15-18)21(28)26-12-6-11-25(13-14-26)16-20(27)24-22(17-23)9-3-2-4-10-22/h5,7-8,15H,2-4,6,9-14,16H2,1H3,(H,24,27).